The quantitative estimate of drug-likeness (QED) is 0.693. The molecule has 94 valence electrons. The van der Waals surface area contributed by atoms with Gasteiger partial charge in [-0.1, -0.05) is 19.3 Å². The maximum Gasteiger partial charge on any atom is 0.0672 e. The van der Waals surface area contributed by atoms with E-state index in [1.165, 1.54) is 64.5 Å². The van der Waals surface area contributed by atoms with Crippen molar-refractivity contribution in [3.63, 3.8) is 0 Å². The Kier molecular flexibility index (Phi) is 3.13. The van der Waals surface area contributed by atoms with Gasteiger partial charge in [0.15, 0.2) is 0 Å². The first-order valence-corrected chi connectivity index (χ1v) is 7.47. The first-order valence-electron chi connectivity index (χ1n) is 7.47. The van der Waals surface area contributed by atoms with Crippen molar-refractivity contribution in [3.05, 3.63) is 0 Å². The smallest absolute Gasteiger partial charge is 0.0672 e. The zero-order valence-electron chi connectivity index (χ0n) is 10.8. The fraction of sp³-hybridized carbons (Fsp3) is 0.933. The summed E-state index contributed by atoms with van der Waals surface area (Å²) in [5.41, 5.74) is 0.719. The Labute approximate surface area is 105 Å². The second kappa shape index (κ2) is 4.61. The van der Waals surface area contributed by atoms with Gasteiger partial charge in [-0.25, -0.2) is 0 Å². The molecule has 2 aliphatic carbocycles. The standard InChI is InChI=1S/C15H24N2/c16-12-13-4-3-5-14(13)17-10-8-15(9-11-17)6-1-2-7-15/h13-14H,1-11H2. The van der Waals surface area contributed by atoms with Gasteiger partial charge in [-0.2, -0.15) is 5.26 Å². The van der Waals surface area contributed by atoms with Crippen molar-refractivity contribution < 1.29 is 0 Å². The van der Waals surface area contributed by atoms with E-state index in [1.807, 2.05) is 0 Å². The lowest BCUT2D eigenvalue weighted by atomic mass is 9.76. The Hall–Kier alpha value is -0.550. The van der Waals surface area contributed by atoms with Crippen LogP contribution in [-0.4, -0.2) is 24.0 Å². The van der Waals surface area contributed by atoms with Gasteiger partial charge < -0.3 is 0 Å². The molecule has 3 aliphatic rings. The van der Waals surface area contributed by atoms with Crippen LogP contribution in [0.4, 0.5) is 0 Å². The Morgan fingerprint density at radius 2 is 1.65 bits per heavy atom. The van der Waals surface area contributed by atoms with Gasteiger partial charge in [-0.05, 0) is 57.0 Å². The predicted molar refractivity (Wildman–Crippen MR) is 68.5 cm³/mol. The number of nitriles is 1. The van der Waals surface area contributed by atoms with E-state index in [1.54, 1.807) is 0 Å². The molecule has 0 N–H and O–H groups in total. The molecule has 0 bridgehead atoms. The molecule has 1 spiro atoms. The zero-order chi connectivity index (χ0) is 11.7. The van der Waals surface area contributed by atoms with Crippen LogP contribution in [0.1, 0.15) is 57.8 Å². The highest BCUT2D eigenvalue weighted by Gasteiger charge is 2.40. The number of likely N-dealkylation sites (tertiary alicyclic amines) is 1. The van der Waals surface area contributed by atoms with Crippen LogP contribution >= 0.6 is 0 Å². The third-order valence-corrected chi connectivity index (χ3v) is 5.64. The fourth-order valence-corrected chi connectivity index (χ4v) is 4.48. The predicted octanol–water partition coefficient (Wildman–Crippen LogP) is 3.33. The molecule has 0 amide bonds. The first kappa shape index (κ1) is 11.5. The first-order chi connectivity index (χ1) is 8.33. The second-order valence-electron chi connectivity index (χ2n) is 6.48. The minimum absolute atomic E-state index is 0.327. The number of hydrogen-bond acceptors (Lipinski definition) is 2. The van der Waals surface area contributed by atoms with Crippen LogP contribution in [0.2, 0.25) is 0 Å². The summed E-state index contributed by atoms with van der Waals surface area (Å²) in [6.45, 7) is 2.53. The minimum atomic E-state index is 0.327. The SMILES string of the molecule is N#CC1CCCC1N1CCC2(CCCC2)CC1. The lowest BCUT2D eigenvalue weighted by Gasteiger charge is -2.42. The molecule has 3 fully saturated rings. The summed E-state index contributed by atoms with van der Waals surface area (Å²) in [5.74, 6) is 0.327. The molecule has 2 unspecified atom stereocenters. The lowest BCUT2D eigenvalue weighted by Crippen LogP contribution is -2.45. The molecule has 3 rings (SSSR count). The van der Waals surface area contributed by atoms with Crippen molar-refractivity contribution in [2.45, 2.75) is 63.8 Å². The van der Waals surface area contributed by atoms with Gasteiger partial charge in [0.1, 0.15) is 0 Å². The summed E-state index contributed by atoms with van der Waals surface area (Å²) in [6, 6.07) is 3.13. The van der Waals surface area contributed by atoms with Crippen LogP contribution in [-0.2, 0) is 0 Å². The summed E-state index contributed by atoms with van der Waals surface area (Å²) in [7, 11) is 0. The average molecular weight is 232 g/mol. The van der Waals surface area contributed by atoms with Crippen LogP contribution < -0.4 is 0 Å². The van der Waals surface area contributed by atoms with Gasteiger partial charge in [0.25, 0.3) is 0 Å². The Balaban J connectivity index is 1.59. The zero-order valence-corrected chi connectivity index (χ0v) is 10.8. The monoisotopic (exact) mass is 232 g/mol. The molecule has 2 nitrogen and oxygen atoms in total. The minimum Gasteiger partial charge on any atom is -0.299 e. The molecule has 0 aromatic rings. The van der Waals surface area contributed by atoms with E-state index < -0.39 is 0 Å². The summed E-state index contributed by atoms with van der Waals surface area (Å²) >= 11 is 0. The molecule has 1 heterocycles. The summed E-state index contributed by atoms with van der Waals surface area (Å²) in [4.78, 5) is 2.64. The largest absolute Gasteiger partial charge is 0.299 e. The number of nitrogens with zero attached hydrogens (tertiary/aromatic N) is 2. The van der Waals surface area contributed by atoms with Crippen molar-refractivity contribution in [2.75, 3.05) is 13.1 Å². The van der Waals surface area contributed by atoms with E-state index in [2.05, 4.69) is 11.0 Å². The van der Waals surface area contributed by atoms with E-state index >= 15 is 0 Å². The topological polar surface area (TPSA) is 27.0 Å². The third-order valence-electron chi connectivity index (χ3n) is 5.64. The molecular formula is C15H24N2. The van der Waals surface area contributed by atoms with Crippen LogP contribution in [0.5, 0.6) is 0 Å². The lowest BCUT2D eigenvalue weighted by molar-refractivity contribution is 0.0691. The average Bonchev–Trinajstić information content (AvgIpc) is 3.00. The van der Waals surface area contributed by atoms with E-state index in [0.717, 1.165) is 11.8 Å². The van der Waals surface area contributed by atoms with Crippen molar-refractivity contribution in [2.24, 2.45) is 11.3 Å². The van der Waals surface area contributed by atoms with Crippen LogP contribution in [0, 0.1) is 22.7 Å². The number of hydrogen-bond donors (Lipinski definition) is 0. The second-order valence-corrected chi connectivity index (χ2v) is 6.48. The van der Waals surface area contributed by atoms with Gasteiger partial charge in [0.2, 0.25) is 0 Å². The molecule has 0 aromatic carbocycles. The highest BCUT2D eigenvalue weighted by Crippen LogP contribution is 2.47. The molecule has 1 saturated heterocycles. The molecule has 2 saturated carbocycles. The number of rotatable bonds is 1. The summed E-state index contributed by atoms with van der Waals surface area (Å²) in [6.07, 6.45) is 12.4. The maximum atomic E-state index is 9.20. The van der Waals surface area contributed by atoms with Crippen LogP contribution in [0.3, 0.4) is 0 Å². The molecule has 17 heavy (non-hydrogen) atoms. The summed E-state index contributed by atoms with van der Waals surface area (Å²) < 4.78 is 0. The van der Waals surface area contributed by atoms with E-state index in [9.17, 15) is 5.26 Å². The summed E-state index contributed by atoms with van der Waals surface area (Å²) in [5, 5.41) is 9.20. The van der Waals surface area contributed by atoms with Gasteiger partial charge in [-0.15, -0.1) is 0 Å². The van der Waals surface area contributed by atoms with E-state index in [0.29, 0.717) is 12.0 Å². The van der Waals surface area contributed by atoms with Gasteiger partial charge in [0.05, 0.1) is 12.0 Å². The van der Waals surface area contributed by atoms with Crippen LogP contribution in [0.25, 0.3) is 0 Å². The van der Waals surface area contributed by atoms with Crippen molar-refractivity contribution in [3.8, 4) is 6.07 Å². The Morgan fingerprint density at radius 1 is 0.941 bits per heavy atom. The van der Waals surface area contributed by atoms with Crippen LogP contribution in [0.15, 0.2) is 0 Å². The van der Waals surface area contributed by atoms with Gasteiger partial charge in [-0.3, -0.25) is 4.90 Å². The van der Waals surface area contributed by atoms with Crippen molar-refractivity contribution in [1.82, 2.24) is 4.90 Å². The molecular weight excluding hydrogens is 208 g/mol. The maximum absolute atomic E-state index is 9.20. The Morgan fingerprint density at radius 3 is 2.29 bits per heavy atom. The normalized spacial score (nSPS) is 37.4. The van der Waals surface area contributed by atoms with Gasteiger partial charge in [0, 0.05) is 6.04 Å². The Bertz CT molecular complexity index is 301. The molecule has 1 aliphatic heterocycles. The van der Waals surface area contributed by atoms with E-state index in [4.69, 9.17) is 0 Å². The number of piperidine rings is 1. The van der Waals surface area contributed by atoms with Crippen molar-refractivity contribution >= 4 is 0 Å². The molecule has 2 heteroatoms. The fourth-order valence-electron chi connectivity index (χ4n) is 4.48. The van der Waals surface area contributed by atoms with Crippen molar-refractivity contribution in [1.29, 1.82) is 5.26 Å². The molecule has 0 aromatic heterocycles. The van der Waals surface area contributed by atoms with E-state index in [-0.39, 0.29) is 0 Å². The highest BCUT2D eigenvalue weighted by atomic mass is 15.2. The molecule has 2 atom stereocenters. The highest BCUT2D eigenvalue weighted by molar-refractivity contribution is 5.00. The van der Waals surface area contributed by atoms with Gasteiger partial charge >= 0.3 is 0 Å². The third kappa shape index (κ3) is 2.10. The molecule has 0 radical (unpaired) electrons.